The van der Waals surface area contributed by atoms with Crippen molar-refractivity contribution in [3.05, 3.63) is 10.1 Å². The van der Waals surface area contributed by atoms with Crippen molar-refractivity contribution in [2.45, 2.75) is 39.1 Å². The fourth-order valence-corrected chi connectivity index (χ4v) is 1.35. The molecule has 0 spiro atoms. The van der Waals surface area contributed by atoms with Crippen LogP contribution in [0.1, 0.15) is 26.7 Å². The maximum atomic E-state index is 10.3. The molecule has 1 fully saturated rings. The molecule has 2 atom stereocenters. The second-order valence-electron chi connectivity index (χ2n) is 3.56. The summed E-state index contributed by atoms with van der Waals surface area (Å²) in [6.45, 7) is 5.07. The molecule has 0 saturated carbocycles. The van der Waals surface area contributed by atoms with E-state index in [1.165, 1.54) is 0 Å². The highest BCUT2D eigenvalue weighted by molar-refractivity contribution is 5.81. The molecule has 1 aliphatic rings. The third kappa shape index (κ3) is 4.53. The zero-order chi connectivity index (χ0) is 12.7. The maximum Gasteiger partial charge on any atom is 0.273 e. The van der Waals surface area contributed by atoms with Crippen molar-refractivity contribution in [3.63, 3.8) is 0 Å². The molecule has 2 N–H and O–H groups in total. The van der Waals surface area contributed by atoms with Crippen molar-refractivity contribution in [3.8, 4) is 0 Å². The largest absolute Gasteiger partial charge is 0.354 e. The van der Waals surface area contributed by atoms with Gasteiger partial charge in [-0.15, -0.1) is 0 Å². The Bertz CT molecular complexity index is 266. The quantitative estimate of drug-likeness (QED) is 0.493. The molecule has 98 valence electrons. The molecule has 1 aliphatic heterocycles. The van der Waals surface area contributed by atoms with E-state index in [9.17, 15) is 10.1 Å². The highest BCUT2D eigenvalue weighted by Crippen LogP contribution is 2.06. The number of nitro groups is 1. The fraction of sp³-hybridized carbons (Fsp3) is 0.889. The van der Waals surface area contributed by atoms with Crippen LogP contribution in [0.15, 0.2) is 5.10 Å². The van der Waals surface area contributed by atoms with Crippen LogP contribution in [-0.4, -0.2) is 36.7 Å². The first-order valence-electron chi connectivity index (χ1n) is 5.66. The minimum absolute atomic E-state index is 0.0669. The van der Waals surface area contributed by atoms with Gasteiger partial charge in [0.1, 0.15) is 5.10 Å². The summed E-state index contributed by atoms with van der Waals surface area (Å²) in [6, 6.07) is 0. The Morgan fingerprint density at radius 1 is 1.24 bits per heavy atom. The smallest absolute Gasteiger partial charge is 0.273 e. The molecule has 17 heavy (non-hydrogen) atoms. The second kappa shape index (κ2) is 7.02. The van der Waals surface area contributed by atoms with Gasteiger partial charge in [-0.3, -0.25) is 0 Å². The van der Waals surface area contributed by atoms with Gasteiger partial charge in [-0.2, -0.15) is 0 Å². The van der Waals surface area contributed by atoms with E-state index >= 15 is 0 Å². The lowest BCUT2D eigenvalue weighted by molar-refractivity contribution is -0.485. The molecule has 0 aromatic carbocycles. The third-order valence-corrected chi connectivity index (χ3v) is 2.02. The molecular weight excluding hydrogens is 228 g/mol. The van der Waals surface area contributed by atoms with E-state index in [0.717, 1.165) is 12.8 Å². The van der Waals surface area contributed by atoms with Crippen molar-refractivity contribution in [2.75, 3.05) is 13.2 Å². The summed E-state index contributed by atoms with van der Waals surface area (Å²) in [6.07, 6.45) is 0.834. The Hall–Kier alpha value is -1.41. The second-order valence-corrected chi connectivity index (χ2v) is 3.56. The average molecular weight is 246 g/mol. The molecule has 0 radical (unpaired) electrons. The van der Waals surface area contributed by atoms with Crippen LogP contribution in [-0.2, 0) is 9.47 Å². The topological polar surface area (TPSA) is 98.0 Å². The Labute approximate surface area is 99.5 Å². The third-order valence-electron chi connectivity index (χ3n) is 2.02. The predicted molar refractivity (Wildman–Crippen MR) is 60.8 cm³/mol. The van der Waals surface area contributed by atoms with E-state index in [1.807, 2.05) is 13.8 Å². The summed E-state index contributed by atoms with van der Waals surface area (Å²) in [5.41, 5.74) is 0. The monoisotopic (exact) mass is 246 g/mol. The highest BCUT2D eigenvalue weighted by atomic mass is 16.7. The molecule has 0 aromatic rings. The first-order valence-corrected chi connectivity index (χ1v) is 5.66. The lowest BCUT2D eigenvalue weighted by Gasteiger charge is -2.18. The van der Waals surface area contributed by atoms with Crippen molar-refractivity contribution >= 4 is 5.96 Å². The normalized spacial score (nSPS) is 23.1. The minimum atomic E-state index is -0.769. The molecule has 1 heterocycles. The van der Waals surface area contributed by atoms with E-state index < -0.39 is 17.5 Å². The van der Waals surface area contributed by atoms with Crippen LogP contribution >= 0.6 is 0 Å². The van der Waals surface area contributed by atoms with Crippen molar-refractivity contribution in [1.82, 2.24) is 10.6 Å². The van der Waals surface area contributed by atoms with Crippen molar-refractivity contribution < 1.29 is 14.5 Å². The number of guanidine groups is 1. The number of hydrogen-bond donors (Lipinski definition) is 2. The molecule has 0 bridgehead atoms. The first kappa shape index (κ1) is 13.7. The maximum absolute atomic E-state index is 10.3. The number of ether oxygens (including phenoxy) is 2. The van der Waals surface area contributed by atoms with Gasteiger partial charge in [-0.1, -0.05) is 13.8 Å². The summed E-state index contributed by atoms with van der Waals surface area (Å²) >= 11 is 0. The lowest BCUT2D eigenvalue weighted by atomic mass is 10.4. The van der Waals surface area contributed by atoms with Crippen LogP contribution in [0.3, 0.4) is 0 Å². The number of nitrogens with one attached hydrogen (secondary N) is 2. The van der Waals surface area contributed by atoms with Crippen molar-refractivity contribution in [2.24, 2.45) is 5.10 Å². The van der Waals surface area contributed by atoms with Gasteiger partial charge in [-0.25, -0.2) is 10.1 Å². The van der Waals surface area contributed by atoms with Crippen LogP contribution in [0, 0.1) is 10.1 Å². The standard InChI is InChI=1S/C9H18N4O4/c1-3-5-16-7-8(17-6-4-2)11-9(10-7)12-13(14)15/h7-8H,3-6H2,1-2H3,(H2,10,11,12)/t7-,8-/m0/s1. The van der Waals surface area contributed by atoms with E-state index in [0.29, 0.717) is 13.2 Å². The first-order chi connectivity index (χ1) is 8.17. The van der Waals surface area contributed by atoms with E-state index in [4.69, 9.17) is 9.47 Å². The molecule has 0 aromatic heterocycles. The van der Waals surface area contributed by atoms with Gasteiger partial charge in [0.25, 0.3) is 5.96 Å². The van der Waals surface area contributed by atoms with E-state index in [1.54, 1.807) is 0 Å². The summed E-state index contributed by atoms with van der Waals surface area (Å²) in [5, 5.41) is 18.2. The summed E-state index contributed by atoms with van der Waals surface area (Å²) in [4.78, 5) is 10.3. The van der Waals surface area contributed by atoms with Crippen LogP contribution < -0.4 is 10.6 Å². The fourth-order valence-electron chi connectivity index (χ4n) is 1.35. The van der Waals surface area contributed by atoms with Crippen LogP contribution in [0.5, 0.6) is 0 Å². The molecule has 8 heteroatoms. The van der Waals surface area contributed by atoms with Gasteiger partial charge < -0.3 is 20.1 Å². The minimum Gasteiger partial charge on any atom is -0.354 e. The lowest BCUT2D eigenvalue weighted by Crippen LogP contribution is -2.38. The zero-order valence-electron chi connectivity index (χ0n) is 10.0. The van der Waals surface area contributed by atoms with Gasteiger partial charge in [0.2, 0.25) is 0 Å². The number of nitrogens with zero attached hydrogens (tertiary/aromatic N) is 2. The van der Waals surface area contributed by atoms with E-state index in [2.05, 4.69) is 15.7 Å². The van der Waals surface area contributed by atoms with Gasteiger partial charge in [0.05, 0.1) is 0 Å². The SMILES string of the molecule is CCCO[C@@H]1NC(=N[N+](=O)[O-])N[C@H]1OCCC. The Balaban J connectivity index is 2.55. The van der Waals surface area contributed by atoms with Crippen LogP contribution in [0.2, 0.25) is 0 Å². The molecule has 0 unspecified atom stereocenters. The number of hydrogen-bond acceptors (Lipinski definition) is 4. The average Bonchev–Trinajstić information content (AvgIpc) is 2.64. The predicted octanol–water partition coefficient (Wildman–Crippen LogP) is 0.232. The number of rotatable bonds is 7. The molecule has 1 rings (SSSR count). The molecule has 0 aliphatic carbocycles. The van der Waals surface area contributed by atoms with Gasteiger partial charge >= 0.3 is 0 Å². The van der Waals surface area contributed by atoms with Gasteiger partial charge in [-0.05, 0) is 12.8 Å². The van der Waals surface area contributed by atoms with Gasteiger partial charge in [0, 0.05) is 13.2 Å². The van der Waals surface area contributed by atoms with Crippen LogP contribution in [0.4, 0.5) is 0 Å². The molecular formula is C9H18N4O4. The Kier molecular flexibility index (Phi) is 5.64. The number of hydrazone groups is 1. The van der Waals surface area contributed by atoms with E-state index in [-0.39, 0.29) is 5.96 Å². The summed E-state index contributed by atoms with van der Waals surface area (Å²) in [7, 11) is 0. The highest BCUT2D eigenvalue weighted by Gasteiger charge is 2.33. The summed E-state index contributed by atoms with van der Waals surface area (Å²) in [5.74, 6) is 0.0669. The molecule has 8 nitrogen and oxygen atoms in total. The zero-order valence-corrected chi connectivity index (χ0v) is 10.0. The summed E-state index contributed by atoms with van der Waals surface area (Å²) < 4.78 is 10.9. The van der Waals surface area contributed by atoms with Crippen molar-refractivity contribution in [1.29, 1.82) is 0 Å². The Morgan fingerprint density at radius 2 is 1.71 bits per heavy atom. The van der Waals surface area contributed by atoms with Gasteiger partial charge in [0.15, 0.2) is 17.5 Å². The molecule has 0 amide bonds. The molecule has 1 saturated heterocycles. The van der Waals surface area contributed by atoms with Crippen LogP contribution in [0.25, 0.3) is 0 Å². The Morgan fingerprint density at radius 3 is 2.06 bits per heavy atom.